The Labute approximate surface area is 134 Å². The maximum absolute atomic E-state index is 12.2. The van der Waals surface area contributed by atoms with Gasteiger partial charge in [-0.05, 0) is 57.7 Å². The van der Waals surface area contributed by atoms with E-state index in [2.05, 4.69) is 20.0 Å². The van der Waals surface area contributed by atoms with Gasteiger partial charge in [-0.2, -0.15) is 0 Å². The summed E-state index contributed by atoms with van der Waals surface area (Å²) < 4.78 is 15.9. The Balaban J connectivity index is 2.94. The van der Waals surface area contributed by atoms with E-state index < -0.39 is 25.7 Å². The molecule has 1 aliphatic carbocycles. The van der Waals surface area contributed by atoms with Crippen molar-refractivity contribution < 1.29 is 23.5 Å². The number of methoxy groups -OCH3 is 2. The lowest BCUT2D eigenvalue weighted by Crippen LogP contribution is -2.40. The Hall–Kier alpha value is -0.883. The summed E-state index contributed by atoms with van der Waals surface area (Å²) in [5, 5.41) is 0. The van der Waals surface area contributed by atoms with Crippen molar-refractivity contribution >= 4 is 20.3 Å². The largest absolute Gasteiger partial charge is 0.468 e. The number of hydrogen-bond donors (Lipinski definition) is 0. The number of carbonyl (C=O) groups is 2. The molecule has 0 aromatic carbocycles. The zero-order valence-electron chi connectivity index (χ0n) is 14.9. The average molecular weight is 330 g/mol. The van der Waals surface area contributed by atoms with Gasteiger partial charge in [0.15, 0.2) is 13.7 Å². The van der Waals surface area contributed by atoms with Gasteiger partial charge in [0, 0.05) is 6.10 Å². The molecule has 6 heteroatoms. The smallest absolute Gasteiger partial charge is 0.323 e. The van der Waals surface area contributed by atoms with E-state index in [1.54, 1.807) is 0 Å². The molecular formula is C16H30O5Si. The number of hydrogen-bond acceptors (Lipinski definition) is 5. The minimum atomic E-state index is -1.83. The van der Waals surface area contributed by atoms with Gasteiger partial charge in [-0.15, -0.1) is 0 Å². The molecule has 0 spiro atoms. The Bertz CT molecular complexity index is 403. The minimum absolute atomic E-state index is 0.198. The standard InChI is InChI=1S/C16H30O5Si/c1-11(2)21-22(6,7)10-13-9-16(8-12(13)3,14(17)19-4)15(18)20-5/h11-13H,8-10H2,1-7H3. The van der Waals surface area contributed by atoms with Crippen molar-refractivity contribution in [1.82, 2.24) is 0 Å². The summed E-state index contributed by atoms with van der Waals surface area (Å²) in [6.07, 6.45) is 1.18. The third-order valence-electron chi connectivity index (χ3n) is 4.55. The molecule has 22 heavy (non-hydrogen) atoms. The Morgan fingerprint density at radius 3 is 2.05 bits per heavy atom. The molecule has 1 aliphatic rings. The Kier molecular flexibility index (Phi) is 6.21. The van der Waals surface area contributed by atoms with E-state index in [9.17, 15) is 9.59 Å². The summed E-state index contributed by atoms with van der Waals surface area (Å²) in [4.78, 5) is 24.5. The molecule has 0 radical (unpaired) electrons. The fourth-order valence-corrected chi connectivity index (χ4v) is 7.03. The number of rotatable bonds is 6. The lowest BCUT2D eigenvalue weighted by atomic mass is 9.85. The zero-order valence-corrected chi connectivity index (χ0v) is 15.9. The SMILES string of the molecule is COC(=O)C1(C(=O)OC)CC(C)C(C[Si](C)(C)OC(C)C)C1. The first kappa shape index (κ1) is 19.2. The first-order chi connectivity index (χ1) is 10.1. The van der Waals surface area contributed by atoms with Gasteiger partial charge < -0.3 is 13.9 Å². The summed E-state index contributed by atoms with van der Waals surface area (Å²) in [7, 11) is 0.820. The number of carbonyl (C=O) groups excluding carboxylic acids is 2. The highest BCUT2D eigenvalue weighted by atomic mass is 28.4. The van der Waals surface area contributed by atoms with E-state index in [0.29, 0.717) is 12.8 Å². The van der Waals surface area contributed by atoms with Gasteiger partial charge >= 0.3 is 11.9 Å². The van der Waals surface area contributed by atoms with Crippen LogP contribution < -0.4 is 0 Å². The predicted octanol–water partition coefficient (Wildman–Crippen LogP) is 3.00. The molecule has 0 amide bonds. The quantitative estimate of drug-likeness (QED) is 0.425. The third kappa shape index (κ3) is 4.10. The maximum atomic E-state index is 12.2. The Morgan fingerprint density at radius 2 is 1.64 bits per heavy atom. The van der Waals surface area contributed by atoms with Crippen LogP contribution in [-0.4, -0.2) is 40.6 Å². The van der Waals surface area contributed by atoms with Gasteiger partial charge in [0.25, 0.3) is 0 Å². The van der Waals surface area contributed by atoms with Gasteiger partial charge in [-0.25, -0.2) is 0 Å². The van der Waals surface area contributed by atoms with Gasteiger partial charge in [0.05, 0.1) is 14.2 Å². The topological polar surface area (TPSA) is 61.8 Å². The molecule has 1 fully saturated rings. The van der Waals surface area contributed by atoms with E-state index in [-0.39, 0.29) is 17.9 Å². The highest BCUT2D eigenvalue weighted by Gasteiger charge is 2.56. The molecule has 1 rings (SSSR count). The molecule has 2 unspecified atom stereocenters. The second-order valence-electron chi connectivity index (χ2n) is 7.34. The fraction of sp³-hybridized carbons (Fsp3) is 0.875. The molecule has 0 aromatic heterocycles. The molecule has 0 saturated heterocycles. The van der Waals surface area contributed by atoms with Gasteiger partial charge in [-0.1, -0.05) is 6.92 Å². The monoisotopic (exact) mass is 330 g/mol. The molecule has 5 nitrogen and oxygen atoms in total. The molecule has 0 bridgehead atoms. The minimum Gasteiger partial charge on any atom is -0.468 e. The average Bonchev–Trinajstić information content (AvgIpc) is 2.73. The van der Waals surface area contributed by atoms with Crippen LogP contribution in [0, 0.1) is 17.3 Å². The van der Waals surface area contributed by atoms with E-state index in [1.165, 1.54) is 14.2 Å². The first-order valence-corrected chi connectivity index (χ1v) is 11.0. The van der Waals surface area contributed by atoms with Crippen molar-refractivity contribution in [2.45, 2.75) is 58.9 Å². The van der Waals surface area contributed by atoms with Gasteiger partial charge in [0.2, 0.25) is 0 Å². The van der Waals surface area contributed by atoms with Crippen LogP contribution in [0.2, 0.25) is 19.1 Å². The lowest BCUT2D eigenvalue weighted by molar-refractivity contribution is -0.169. The summed E-state index contributed by atoms with van der Waals surface area (Å²) in [6, 6.07) is 0.933. The molecule has 0 heterocycles. The van der Waals surface area contributed by atoms with Crippen LogP contribution in [0.3, 0.4) is 0 Å². The highest BCUT2D eigenvalue weighted by molar-refractivity contribution is 6.71. The van der Waals surface area contributed by atoms with Crippen molar-refractivity contribution in [3.63, 3.8) is 0 Å². The molecule has 128 valence electrons. The van der Waals surface area contributed by atoms with E-state index in [1.807, 2.05) is 13.8 Å². The summed E-state index contributed by atoms with van der Waals surface area (Å²) >= 11 is 0. The number of ether oxygens (including phenoxy) is 2. The van der Waals surface area contributed by atoms with Crippen molar-refractivity contribution in [1.29, 1.82) is 0 Å². The van der Waals surface area contributed by atoms with Gasteiger partial charge in [0.1, 0.15) is 0 Å². The molecule has 0 aliphatic heterocycles. The molecule has 0 N–H and O–H groups in total. The second kappa shape index (κ2) is 7.13. The normalized spacial score (nSPS) is 24.4. The molecule has 0 aromatic rings. The van der Waals surface area contributed by atoms with Crippen molar-refractivity contribution in [3.05, 3.63) is 0 Å². The predicted molar refractivity (Wildman–Crippen MR) is 86.9 cm³/mol. The van der Waals surface area contributed by atoms with E-state index >= 15 is 0 Å². The van der Waals surface area contributed by atoms with E-state index in [4.69, 9.17) is 13.9 Å². The van der Waals surface area contributed by atoms with Crippen LogP contribution in [-0.2, 0) is 23.5 Å². The summed E-state index contributed by atoms with van der Waals surface area (Å²) in [6.45, 7) is 10.6. The third-order valence-corrected chi connectivity index (χ3v) is 7.16. The Morgan fingerprint density at radius 1 is 1.14 bits per heavy atom. The highest BCUT2D eigenvalue weighted by Crippen LogP contribution is 2.50. The van der Waals surface area contributed by atoms with Gasteiger partial charge in [-0.3, -0.25) is 9.59 Å². The zero-order chi connectivity index (χ0) is 17.1. The van der Waals surface area contributed by atoms with Crippen molar-refractivity contribution in [2.24, 2.45) is 17.3 Å². The van der Waals surface area contributed by atoms with Crippen LogP contribution in [0.5, 0.6) is 0 Å². The summed E-state index contributed by atoms with van der Waals surface area (Å²) in [5.41, 5.74) is -1.14. The second-order valence-corrected chi connectivity index (χ2v) is 11.5. The van der Waals surface area contributed by atoms with Crippen LogP contribution in [0.4, 0.5) is 0 Å². The first-order valence-electron chi connectivity index (χ1n) is 7.92. The maximum Gasteiger partial charge on any atom is 0.323 e. The van der Waals surface area contributed by atoms with Crippen molar-refractivity contribution in [3.8, 4) is 0 Å². The van der Waals surface area contributed by atoms with Crippen LogP contribution in [0.15, 0.2) is 0 Å². The van der Waals surface area contributed by atoms with Crippen LogP contribution in [0.25, 0.3) is 0 Å². The van der Waals surface area contributed by atoms with E-state index in [0.717, 1.165) is 6.04 Å². The fourth-order valence-electron chi connectivity index (χ4n) is 3.85. The van der Waals surface area contributed by atoms with Crippen LogP contribution >= 0.6 is 0 Å². The number of esters is 2. The van der Waals surface area contributed by atoms with Crippen molar-refractivity contribution in [2.75, 3.05) is 14.2 Å². The van der Waals surface area contributed by atoms with Crippen LogP contribution in [0.1, 0.15) is 33.6 Å². The summed E-state index contributed by atoms with van der Waals surface area (Å²) in [5.74, 6) is -0.407. The molecular weight excluding hydrogens is 300 g/mol. The lowest BCUT2D eigenvalue weighted by Gasteiger charge is -2.30. The molecule has 1 saturated carbocycles. The molecule has 2 atom stereocenters.